The first-order chi connectivity index (χ1) is 11.7. The first kappa shape index (κ1) is 14.9. The number of anilines is 1. The summed E-state index contributed by atoms with van der Waals surface area (Å²) >= 11 is 0. The summed E-state index contributed by atoms with van der Waals surface area (Å²) in [4.78, 5) is 10.9. The molecule has 2 aromatic heterocycles. The molecule has 0 spiro atoms. The summed E-state index contributed by atoms with van der Waals surface area (Å²) in [6.07, 6.45) is 5.58. The normalized spacial score (nSPS) is 17.6. The number of rotatable bonds is 3. The first-order valence-corrected chi connectivity index (χ1v) is 7.76. The number of methoxy groups -OCH3 is 1. The lowest BCUT2D eigenvalue weighted by Gasteiger charge is -2.17. The zero-order valence-electron chi connectivity index (χ0n) is 13.2. The molecule has 0 aliphatic carbocycles. The number of β-amino-alcohol motifs (C(OH)–C–C–N with tert-alkyl or cyclic N) is 1. The predicted octanol–water partition coefficient (Wildman–Crippen LogP) is 2.11. The molecule has 0 bridgehead atoms. The molecule has 0 saturated carbocycles. The molecule has 1 unspecified atom stereocenters. The Bertz CT molecular complexity index is 895. The smallest absolute Gasteiger partial charge is 0.180 e. The van der Waals surface area contributed by atoms with Gasteiger partial charge in [-0.25, -0.2) is 14.4 Å². The van der Waals surface area contributed by atoms with Gasteiger partial charge in [-0.3, -0.25) is 4.40 Å². The summed E-state index contributed by atoms with van der Waals surface area (Å²) in [6, 6.07) is 4.83. The fraction of sp³-hybridized carbons (Fsp3) is 0.294. The van der Waals surface area contributed by atoms with Crippen molar-refractivity contribution in [3.05, 3.63) is 42.6 Å². The Morgan fingerprint density at radius 3 is 2.92 bits per heavy atom. The van der Waals surface area contributed by atoms with Gasteiger partial charge in [-0.2, -0.15) is 0 Å². The second-order valence-electron chi connectivity index (χ2n) is 5.83. The summed E-state index contributed by atoms with van der Waals surface area (Å²) in [5.74, 6) is 0.525. The van der Waals surface area contributed by atoms with Gasteiger partial charge in [0.15, 0.2) is 23.0 Å². The molecule has 24 heavy (non-hydrogen) atoms. The third-order valence-electron chi connectivity index (χ3n) is 4.32. The van der Waals surface area contributed by atoms with Crippen molar-refractivity contribution in [2.45, 2.75) is 12.5 Å². The molecular formula is C17H17FN4O2. The molecule has 3 aromatic rings. The van der Waals surface area contributed by atoms with Crippen LogP contribution in [-0.2, 0) is 0 Å². The van der Waals surface area contributed by atoms with Gasteiger partial charge >= 0.3 is 0 Å². The van der Waals surface area contributed by atoms with Gasteiger partial charge in [0.25, 0.3) is 0 Å². The minimum atomic E-state index is -0.415. The van der Waals surface area contributed by atoms with Crippen LogP contribution < -0.4 is 9.64 Å². The second-order valence-corrected chi connectivity index (χ2v) is 5.83. The van der Waals surface area contributed by atoms with Crippen molar-refractivity contribution in [1.29, 1.82) is 0 Å². The fourth-order valence-corrected chi connectivity index (χ4v) is 3.10. The zero-order valence-corrected chi connectivity index (χ0v) is 13.2. The van der Waals surface area contributed by atoms with Crippen LogP contribution in [0.3, 0.4) is 0 Å². The third-order valence-corrected chi connectivity index (χ3v) is 4.32. The van der Waals surface area contributed by atoms with Crippen LogP contribution in [0.5, 0.6) is 5.75 Å². The molecule has 3 heterocycles. The van der Waals surface area contributed by atoms with Crippen molar-refractivity contribution >= 4 is 11.5 Å². The average molecular weight is 328 g/mol. The minimum Gasteiger partial charge on any atom is -0.494 e. The number of hydrogen-bond donors (Lipinski definition) is 1. The Labute approximate surface area is 138 Å². The van der Waals surface area contributed by atoms with Crippen LogP contribution in [0.25, 0.3) is 16.9 Å². The zero-order chi connectivity index (χ0) is 16.7. The Kier molecular flexibility index (Phi) is 3.57. The molecule has 0 radical (unpaired) electrons. The Balaban J connectivity index is 1.79. The molecule has 1 N–H and O–H groups in total. The number of ether oxygens (including phenoxy) is 1. The van der Waals surface area contributed by atoms with E-state index < -0.39 is 5.82 Å². The molecule has 7 heteroatoms. The van der Waals surface area contributed by atoms with Crippen LogP contribution in [0.15, 0.2) is 36.8 Å². The van der Waals surface area contributed by atoms with E-state index in [-0.39, 0.29) is 11.9 Å². The highest BCUT2D eigenvalue weighted by molar-refractivity contribution is 5.71. The molecule has 1 saturated heterocycles. The van der Waals surface area contributed by atoms with Crippen molar-refractivity contribution in [3.8, 4) is 17.0 Å². The summed E-state index contributed by atoms with van der Waals surface area (Å²) in [5.41, 5.74) is 2.17. The number of benzene rings is 1. The quantitative estimate of drug-likeness (QED) is 0.798. The van der Waals surface area contributed by atoms with Gasteiger partial charge in [0.2, 0.25) is 0 Å². The van der Waals surface area contributed by atoms with E-state index in [9.17, 15) is 9.50 Å². The number of fused-ring (bicyclic) bond motifs is 1. The highest BCUT2D eigenvalue weighted by Gasteiger charge is 2.24. The Morgan fingerprint density at radius 1 is 1.33 bits per heavy atom. The summed E-state index contributed by atoms with van der Waals surface area (Å²) in [5, 5.41) is 9.75. The van der Waals surface area contributed by atoms with E-state index in [0.717, 1.165) is 24.5 Å². The van der Waals surface area contributed by atoms with E-state index in [1.807, 2.05) is 9.30 Å². The molecular weight excluding hydrogens is 311 g/mol. The number of aliphatic hydroxyl groups is 1. The maximum absolute atomic E-state index is 14.0. The van der Waals surface area contributed by atoms with Gasteiger partial charge in [-0.05, 0) is 24.6 Å². The van der Waals surface area contributed by atoms with Crippen LogP contribution in [0.2, 0.25) is 0 Å². The van der Waals surface area contributed by atoms with Crippen molar-refractivity contribution in [2.75, 3.05) is 25.1 Å². The number of halogens is 1. The molecule has 124 valence electrons. The predicted molar refractivity (Wildman–Crippen MR) is 87.8 cm³/mol. The molecule has 6 nitrogen and oxygen atoms in total. The largest absolute Gasteiger partial charge is 0.494 e. The van der Waals surface area contributed by atoms with Crippen LogP contribution >= 0.6 is 0 Å². The van der Waals surface area contributed by atoms with Gasteiger partial charge in [0.05, 0.1) is 25.1 Å². The van der Waals surface area contributed by atoms with Crippen LogP contribution in [0.1, 0.15) is 6.42 Å². The molecule has 1 fully saturated rings. The van der Waals surface area contributed by atoms with Gasteiger partial charge in [0, 0.05) is 31.0 Å². The third kappa shape index (κ3) is 2.37. The minimum absolute atomic E-state index is 0.209. The highest BCUT2D eigenvalue weighted by Crippen LogP contribution is 2.29. The van der Waals surface area contributed by atoms with Crippen LogP contribution in [0.4, 0.5) is 10.2 Å². The van der Waals surface area contributed by atoms with E-state index >= 15 is 0 Å². The summed E-state index contributed by atoms with van der Waals surface area (Å²) in [6.45, 7) is 1.29. The standard InChI is InChI=1S/C17H17FN4O2/c1-24-15-3-2-11(8-13(15)18)14-9-20-17-16(19-5-7-22(14)17)21-6-4-12(23)10-21/h2-3,5,7-9,12,23H,4,6,10H2,1H3. The lowest BCUT2D eigenvalue weighted by Crippen LogP contribution is -2.23. The van der Waals surface area contributed by atoms with E-state index in [1.165, 1.54) is 13.2 Å². The van der Waals surface area contributed by atoms with E-state index in [4.69, 9.17) is 4.74 Å². The lowest BCUT2D eigenvalue weighted by molar-refractivity contribution is 0.198. The molecule has 1 aliphatic heterocycles. The number of aromatic nitrogens is 3. The van der Waals surface area contributed by atoms with E-state index in [1.54, 1.807) is 30.7 Å². The number of hydrogen-bond acceptors (Lipinski definition) is 5. The lowest BCUT2D eigenvalue weighted by atomic mass is 10.1. The molecule has 0 amide bonds. The van der Waals surface area contributed by atoms with Gasteiger partial charge in [-0.15, -0.1) is 0 Å². The highest BCUT2D eigenvalue weighted by atomic mass is 19.1. The molecule has 1 aliphatic rings. The fourth-order valence-electron chi connectivity index (χ4n) is 3.10. The maximum atomic E-state index is 14.0. The summed E-state index contributed by atoms with van der Waals surface area (Å²) < 4.78 is 20.9. The van der Waals surface area contributed by atoms with Gasteiger partial charge in [0.1, 0.15) is 0 Å². The number of nitrogens with zero attached hydrogens (tertiary/aromatic N) is 4. The number of imidazole rings is 1. The van der Waals surface area contributed by atoms with Crippen molar-refractivity contribution < 1.29 is 14.2 Å². The molecule has 1 aromatic carbocycles. The van der Waals surface area contributed by atoms with E-state index in [2.05, 4.69) is 9.97 Å². The van der Waals surface area contributed by atoms with Crippen molar-refractivity contribution in [1.82, 2.24) is 14.4 Å². The first-order valence-electron chi connectivity index (χ1n) is 7.76. The van der Waals surface area contributed by atoms with Gasteiger partial charge < -0.3 is 14.7 Å². The molecule has 1 atom stereocenters. The average Bonchev–Trinajstić information content (AvgIpc) is 3.20. The second kappa shape index (κ2) is 5.76. The Morgan fingerprint density at radius 2 is 2.21 bits per heavy atom. The van der Waals surface area contributed by atoms with Crippen LogP contribution in [0, 0.1) is 5.82 Å². The van der Waals surface area contributed by atoms with Gasteiger partial charge in [-0.1, -0.05) is 0 Å². The molecule has 4 rings (SSSR count). The SMILES string of the molecule is COc1ccc(-c2cnc3c(N4CCC(O)C4)nccn23)cc1F. The topological polar surface area (TPSA) is 62.9 Å². The van der Waals surface area contributed by atoms with Crippen LogP contribution in [-0.4, -0.2) is 45.8 Å². The van der Waals surface area contributed by atoms with Crippen molar-refractivity contribution in [2.24, 2.45) is 0 Å². The maximum Gasteiger partial charge on any atom is 0.180 e. The Hall–Kier alpha value is -2.67. The summed E-state index contributed by atoms with van der Waals surface area (Å²) in [7, 11) is 1.44. The van der Waals surface area contributed by atoms with E-state index in [0.29, 0.717) is 17.8 Å². The van der Waals surface area contributed by atoms with Crippen molar-refractivity contribution in [3.63, 3.8) is 0 Å². The monoisotopic (exact) mass is 328 g/mol. The number of aliphatic hydroxyl groups excluding tert-OH is 1.